The molecule has 2 N–H and O–H groups in total. The number of nitrogens with two attached hydrogens (primary N) is 1. The Morgan fingerprint density at radius 2 is 2.26 bits per heavy atom. The Labute approximate surface area is 112 Å². The summed E-state index contributed by atoms with van der Waals surface area (Å²) in [6.45, 7) is 2.65. The minimum atomic E-state index is -0.457. The van der Waals surface area contributed by atoms with Gasteiger partial charge in [0.25, 0.3) is 5.69 Å². The third-order valence-electron chi connectivity index (χ3n) is 3.67. The fourth-order valence-electron chi connectivity index (χ4n) is 2.58. The molecule has 0 aromatic heterocycles. The van der Waals surface area contributed by atoms with Crippen LogP contribution in [0.1, 0.15) is 38.2 Å². The molecule has 1 aromatic carbocycles. The molecule has 0 radical (unpaired) electrons. The average Bonchev–Trinajstić information content (AvgIpc) is 2.37. The Kier molecular flexibility index (Phi) is 4.37. The second-order valence-corrected chi connectivity index (χ2v) is 5.36. The highest BCUT2D eigenvalue weighted by atomic mass is 16.6. The number of anilines is 1. The van der Waals surface area contributed by atoms with Crippen molar-refractivity contribution in [2.24, 2.45) is 5.92 Å². The van der Waals surface area contributed by atoms with Gasteiger partial charge < -0.3 is 10.5 Å². The van der Waals surface area contributed by atoms with E-state index in [9.17, 15) is 10.1 Å². The van der Waals surface area contributed by atoms with Crippen LogP contribution in [0.5, 0.6) is 0 Å². The number of hydrogen-bond donors (Lipinski definition) is 1. The summed E-state index contributed by atoms with van der Waals surface area (Å²) in [4.78, 5) is 10.4. The smallest absolute Gasteiger partial charge is 0.292 e. The summed E-state index contributed by atoms with van der Waals surface area (Å²) in [5.41, 5.74) is 6.52. The van der Waals surface area contributed by atoms with Crippen LogP contribution in [0.3, 0.4) is 0 Å². The lowest BCUT2D eigenvalue weighted by Crippen LogP contribution is -2.21. The van der Waals surface area contributed by atoms with E-state index >= 15 is 0 Å². The molecule has 2 unspecified atom stereocenters. The van der Waals surface area contributed by atoms with Crippen LogP contribution in [0.15, 0.2) is 18.2 Å². The SMILES string of the molecule is CC1CCCC(OCc2ccc(N)c([N+](=O)[O-])c2)C1. The van der Waals surface area contributed by atoms with Crippen LogP contribution >= 0.6 is 0 Å². The van der Waals surface area contributed by atoms with Gasteiger partial charge in [0, 0.05) is 6.07 Å². The Morgan fingerprint density at radius 1 is 1.47 bits per heavy atom. The Balaban J connectivity index is 1.96. The van der Waals surface area contributed by atoms with E-state index in [1.807, 2.05) is 0 Å². The highest BCUT2D eigenvalue weighted by Gasteiger charge is 2.19. The van der Waals surface area contributed by atoms with Crippen molar-refractivity contribution in [2.75, 3.05) is 5.73 Å². The molecule has 1 saturated carbocycles. The van der Waals surface area contributed by atoms with Gasteiger partial charge in [-0.2, -0.15) is 0 Å². The molecular weight excluding hydrogens is 244 g/mol. The van der Waals surface area contributed by atoms with Crippen molar-refractivity contribution in [1.82, 2.24) is 0 Å². The molecule has 5 nitrogen and oxygen atoms in total. The van der Waals surface area contributed by atoms with E-state index in [-0.39, 0.29) is 17.5 Å². The first kappa shape index (κ1) is 13.8. The molecule has 0 heterocycles. The summed E-state index contributed by atoms with van der Waals surface area (Å²) in [6.07, 6.45) is 4.92. The van der Waals surface area contributed by atoms with Crippen molar-refractivity contribution < 1.29 is 9.66 Å². The average molecular weight is 264 g/mol. The lowest BCUT2D eigenvalue weighted by atomic mass is 9.89. The van der Waals surface area contributed by atoms with Gasteiger partial charge in [-0.25, -0.2) is 0 Å². The molecule has 104 valence electrons. The maximum absolute atomic E-state index is 10.8. The molecule has 0 aliphatic heterocycles. The number of nitro groups is 1. The molecule has 2 atom stereocenters. The summed E-state index contributed by atoms with van der Waals surface area (Å²) in [5, 5.41) is 10.8. The number of ether oxygens (including phenoxy) is 1. The topological polar surface area (TPSA) is 78.4 Å². The zero-order chi connectivity index (χ0) is 13.8. The van der Waals surface area contributed by atoms with Gasteiger partial charge in [0.1, 0.15) is 5.69 Å². The van der Waals surface area contributed by atoms with Gasteiger partial charge in [-0.3, -0.25) is 10.1 Å². The predicted octanol–water partition coefficient (Wildman–Crippen LogP) is 3.27. The second-order valence-electron chi connectivity index (χ2n) is 5.36. The summed E-state index contributed by atoms with van der Waals surface area (Å²) in [5.74, 6) is 0.708. The summed E-state index contributed by atoms with van der Waals surface area (Å²) < 4.78 is 5.85. The van der Waals surface area contributed by atoms with Crippen molar-refractivity contribution >= 4 is 11.4 Å². The van der Waals surface area contributed by atoms with Crippen LogP contribution in [0, 0.1) is 16.0 Å². The van der Waals surface area contributed by atoms with E-state index in [4.69, 9.17) is 10.5 Å². The molecule has 2 rings (SSSR count). The van der Waals surface area contributed by atoms with Gasteiger partial charge in [-0.05, 0) is 30.4 Å². The van der Waals surface area contributed by atoms with Crippen molar-refractivity contribution in [3.05, 3.63) is 33.9 Å². The fourth-order valence-corrected chi connectivity index (χ4v) is 2.58. The molecule has 1 aromatic rings. The van der Waals surface area contributed by atoms with Gasteiger partial charge in [0.15, 0.2) is 0 Å². The van der Waals surface area contributed by atoms with E-state index in [2.05, 4.69) is 6.92 Å². The fraction of sp³-hybridized carbons (Fsp3) is 0.571. The Morgan fingerprint density at radius 3 is 2.95 bits per heavy atom. The van der Waals surface area contributed by atoms with E-state index < -0.39 is 4.92 Å². The maximum atomic E-state index is 10.8. The molecule has 0 amide bonds. The van der Waals surface area contributed by atoms with Crippen molar-refractivity contribution in [2.45, 2.75) is 45.3 Å². The highest BCUT2D eigenvalue weighted by molar-refractivity contribution is 5.59. The normalized spacial score (nSPS) is 23.2. The van der Waals surface area contributed by atoms with Crippen LogP contribution in [0.4, 0.5) is 11.4 Å². The standard InChI is InChI=1S/C14H20N2O3/c1-10-3-2-4-12(7-10)19-9-11-5-6-13(15)14(8-11)16(17)18/h5-6,8,10,12H,2-4,7,9,15H2,1H3. The lowest BCUT2D eigenvalue weighted by molar-refractivity contribution is -0.384. The number of benzene rings is 1. The first-order chi connectivity index (χ1) is 9.06. The quantitative estimate of drug-likeness (QED) is 0.514. The summed E-state index contributed by atoms with van der Waals surface area (Å²) >= 11 is 0. The minimum Gasteiger partial charge on any atom is -0.393 e. The summed E-state index contributed by atoms with van der Waals surface area (Å²) in [7, 11) is 0. The lowest BCUT2D eigenvalue weighted by Gasteiger charge is -2.26. The molecule has 1 fully saturated rings. The van der Waals surface area contributed by atoms with E-state index in [1.54, 1.807) is 12.1 Å². The van der Waals surface area contributed by atoms with Crippen molar-refractivity contribution in [3.8, 4) is 0 Å². The zero-order valence-electron chi connectivity index (χ0n) is 11.2. The van der Waals surface area contributed by atoms with E-state index in [0.29, 0.717) is 12.5 Å². The first-order valence-corrected chi connectivity index (χ1v) is 6.70. The molecule has 1 aliphatic rings. The van der Waals surface area contributed by atoms with Crippen molar-refractivity contribution in [3.63, 3.8) is 0 Å². The number of nitrogen functional groups attached to an aromatic ring is 1. The number of nitro benzene ring substituents is 1. The molecule has 1 aliphatic carbocycles. The third-order valence-corrected chi connectivity index (χ3v) is 3.67. The summed E-state index contributed by atoms with van der Waals surface area (Å²) in [6, 6.07) is 4.86. The number of hydrogen-bond acceptors (Lipinski definition) is 4. The van der Waals surface area contributed by atoms with Crippen LogP contribution in [-0.4, -0.2) is 11.0 Å². The van der Waals surface area contributed by atoms with Gasteiger partial charge in [0.05, 0.1) is 17.6 Å². The van der Waals surface area contributed by atoms with Gasteiger partial charge in [0.2, 0.25) is 0 Å². The monoisotopic (exact) mass is 264 g/mol. The first-order valence-electron chi connectivity index (χ1n) is 6.70. The second kappa shape index (κ2) is 6.02. The molecule has 5 heteroatoms. The maximum Gasteiger partial charge on any atom is 0.292 e. The highest BCUT2D eigenvalue weighted by Crippen LogP contribution is 2.27. The van der Waals surface area contributed by atoms with Crippen molar-refractivity contribution in [1.29, 1.82) is 0 Å². The largest absolute Gasteiger partial charge is 0.393 e. The third kappa shape index (κ3) is 3.67. The van der Waals surface area contributed by atoms with Gasteiger partial charge >= 0.3 is 0 Å². The Bertz CT molecular complexity index is 462. The zero-order valence-corrected chi connectivity index (χ0v) is 11.2. The van der Waals surface area contributed by atoms with Crippen LogP contribution in [-0.2, 0) is 11.3 Å². The molecule has 0 saturated heterocycles. The Hall–Kier alpha value is -1.62. The predicted molar refractivity (Wildman–Crippen MR) is 73.7 cm³/mol. The minimum absolute atomic E-state index is 0.0434. The molecule has 19 heavy (non-hydrogen) atoms. The number of rotatable bonds is 4. The molecular formula is C14H20N2O3. The van der Waals surface area contributed by atoms with Crippen LogP contribution < -0.4 is 5.73 Å². The van der Waals surface area contributed by atoms with Crippen LogP contribution in [0.25, 0.3) is 0 Å². The van der Waals surface area contributed by atoms with Gasteiger partial charge in [-0.1, -0.05) is 25.8 Å². The van der Waals surface area contributed by atoms with E-state index in [1.165, 1.54) is 18.9 Å². The number of nitrogens with zero attached hydrogens (tertiary/aromatic N) is 1. The van der Waals surface area contributed by atoms with Gasteiger partial charge in [-0.15, -0.1) is 0 Å². The van der Waals surface area contributed by atoms with Crippen LogP contribution in [0.2, 0.25) is 0 Å². The van der Waals surface area contributed by atoms with E-state index in [0.717, 1.165) is 18.4 Å². The molecule has 0 spiro atoms. The molecule has 0 bridgehead atoms.